The standard InChI is InChI=1S/C11H23NO4/c1-9(4-5-10(13)14)12-8-11(2,15)6-7-16-3/h9,12,15H,4-8H2,1-3H3,(H,13,14). The summed E-state index contributed by atoms with van der Waals surface area (Å²) >= 11 is 0. The number of hydrogen-bond donors (Lipinski definition) is 3. The highest BCUT2D eigenvalue weighted by Crippen LogP contribution is 2.08. The SMILES string of the molecule is COCCC(C)(O)CNC(C)CCC(=O)O. The summed E-state index contributed by atoms with van der Waals surface area (Å²) in [6.45, 7) is 4.60. The zero-order chi connectivity index (χ0) is 12.6. The van der Waals surface area contributed by atoms with Crippen LogP contribution >= 0.6 is 0 Å². The molecule has 0 spiro atoms. The summed E-state index contributed by atoms with van der Waals surface area (Å²) in [7, 11) is 1.60. The number of carboxylic acid groups (broad SMARTS) is 1. The Morgan fingerprint density at radius 3 is 2.69 bits per heavy atom. The first kappa shape index (κ1) is 15.3. The molecule has 5 heteroatoms. The van der Waals surface area contributed by atoms with Crippen molar-refractivity contribution in [2.45, 2.75) is 44.8 Å². The number of nitrogens with one attached hydrogen (secondary N) is 1. The summed E-state index contributed by atoms with van der Waals surface area (Å²) in [5, 5.41) is 21.5. The Balaban J connectivity index is 3.71. The Labute approximate surface area is 96.8 Å². The first-order valence-corrected chi connectivity index (χ1v) is 5.54. The number of hydrogen-bond acceptors (Lipinski definition) is 4. The van der Waals surface area contributed by atoms with Gasteiger partial charge >= 0.3 is 5.97 Å². The highest BCUT2D eigenvalue weighted by atomic mass is 16.5. The summed E-state index contributed by atoms with van der Waals surface area (Å²) in [5.41, 5.74) is -0.812. The van der Waals surface area contributed by atoms with Crippen molar-refractivity contribution in [3.05, 3.63) is 0 Å². The summed E-state index contributed by atoms with van der Waals surface area (Å²) in [5.74, 6) is -0.792. The number of carbonyl (C=O) groups is 1. The van der Waals surface area contributed by atoms with Crippen molar-refractivity contribution in [2.75, 3.05) is 20.3 Å². The second-order valence-electron chi connectivity index (χ2n) is 4.45. The van der Waals surface area contributed by atoms with E-state index >= 15 is 0 Å². The zero-order valence-corrected chi connectivity index (χ0v) is 10.3. The molecule has 0 aromatic carbocycles. The molecule has 5 nitrogen and oxygen atoms in total. The minimum absolute atomic E-state index is 0.0881. The second-order valence-corrected chi connectivity index (χ2v) is 4.45. The largest absolute Gasteiger partial charge is 0.481 e. The second kappa shape index (κ2) is 7.60. The summed E-state index contributed by atoms with van der Waals surface area (Å²) in [6.07, 6.45) is 1.27. The van der Waals surface area contributed by atoms with Crippen LogP contribution in [0.3, 0.4) is 0 Å². The molecule has 96 valence electrons. The molecule has 0 amide bonds. The van der Waals surface area contributed by atoms with E-state index in [9.17, 15) is 9.90 Å². The normalized spacial score (nSPS) is 16.8. The highest BCUT2D eigenvalue weighted by molar-refractivity contribution is 5.66. The quantitative estimate of drug-likeness (QED) is 0.544. The fraction of sp³-hybridized carbons (Fsp3) is 0.909. The molecule has 3 N–H and O–H groups in total. The van der Waals surface area contributed by atoms with Crippen LogP contribution in [0, 0.1) is 0 Å². The minimum atomic E-state index is -0.812. The molecular weight excluding hydrogens is 210 g/mol. The van der Waals surface area contributed by atoms with Crippen molar-refractivity contribution >= 4 is 5.97 Å². The fourth-order valence-electron chi connectivity index (χ4n) is 1.25. The predicted octanol–water partition coefficient (Wildman–Crippen LogP) is 0.617. The molecule has 0 bridgehead atoms. The Kier molecular flexibility index (Phi) is 7.29. The van der Waals surface area contributed by atoms with Crippen LogP contribution in [0.5, 0.6) is 0 Å². The molecule has 2 atom stereocenters. The van der Waals surface area contributed by atoms with Gasteiger partial charge in [0.25, 0.3) is 0 Å². The van der Waals surface area contributed by atoms with Crippen LogP contribution in [0.4, 0.5) is 0 Å². The van der Waals surface area contributed by atoms with E-state index in [2.05, 4.69) is 5.32 Å². The molecule has 16 heavy (non-hydrogen) atoms. The molecule has 0 rings (SSSR count). The monoisotopic (exact) mass is 233 g/mol. The third-order valence-corrected chi connectivity index (χ3v) is 2.47. The van der Waals surface area contributed by atoms with Crippen LogP contribution in [0.25, 0.3) is 0 Å². The number of aliphatic carboxylic acids is 1. The number of carboxylic acids is 1. The van der Waals surface area contributed by atoms with Crippen molar-refractivity contribution in [3.63, 3.8) is 0 Å². The molecule has 0 aliphatic rings. The number of methoxy groups -OCH3 is 1. The van der Waals surface area contributed by atoms with Crippen LogP contribution < -0.4 is 5.32 Å². The first-order chi connectivity index (χ1) is 7.37. The number of aliphatic hydroxyl groups is 1. The lowest BCUT2D eigenvalue weighted by atomic mass is 10.0. The molecule has 0 aliphatic carbocycles. The van der Waals surface area contributed by atoms with Crippen LogP contribution in [0.15, 0.2) is 0 Å². The number of ether oxygens (including phenoxy) is 1. The van der Waals surface area contributed by atoms with Crippen molar-refractivity contribution in [1.29, 1.82) is 0 Å². The Hall–Kier alpha value is -0.650. The third-order valence-electron chi connectivity index (χ3n) is 2.47. The van der Waals surface area contributed by atoms with E-state index in [4.69, 9.17) is 9.84 Å². The van der Waals surface area contributed by atoms with Crippen LogP contribution in [0.2, 0.25) is 0 Å². The molecule has 0 aromatic rings. The Bertz CT molecular complexity index is 206. The van der Waals surface area contributed by atoms with E-state index in [-0.39, 0.29) is 12.5 Å². The van der Waals surface area contributed by atoms with Crippen molar-refractivity contribution in [1.82, 2.24) is 5.32 Å². The van der Waals surface area contributed by atoms with Gasteiger partial charge in [-0.3, -0.25) is 4.79 Å². The van der Waals surface area contributed by atoms with Gasteiger partial charge in [-0.15, -0.1) is 0 Å². The van der Waals surface area contributed by atoms with Crippen LogP contribution in [-0.4, -0.2) is 48.1 Å². The zero-order valence-electron chi connectivity index (χ0n) is 10.3. The van der Waals surface area contributed by atoms with Crippen molar-refractivity contribution in [2.24, 2.45) is 0 Å². The van der Waals surface area contributed by atoms with Gasteiger partial charge in [0.2, 0.25) is 0 Å². The van der Waals surface area contributed by atoms with Gasteiger partial charge in [-0.1, -0.05) is 0 Å². The molecule has 0 aromatic heterocycles. The maximum atomic E-state index is 10.4. The van der Waals surface area contributed by atoms with E-state index in [0.29, 0.717) is 26.0 Å². The van der Waals surface area contributed by atoms with E-state index in [0.717, 1.165) is 0 Å². The van der Waals surface area contributed by atoms with E-state index in [1.54, 1.807) is 14.0 Å². The predicted molar refractivity (Wildman–Crippen MR) is 61.5 cm³/mol. The molecule has 0 heterocycles. The average Bonchev–Trinajstić information content (AvgIpc) is 2.21. The molecule has 2 unspecified atom stereocenters. The van der Waals surface area contributed by atoms with Crippen LogP contribution in [0.1, 0.15) is 33.1 Å². The van der Waals surface area contributed by atoms with E-state index in [1.165, 1.54) is 0 Å². The van der Waals surface area contributed by atoms with Gasteiger partial charge in [0.05, 0.1) is 5.60 Å². The third kappa shape index (κ3) is 8.64. The highest BCUT2D eigenvalue weighted by Gasteiger charge is 2.20. The molecule has 0 saturated carbocycles. The molecule has 0 aliphatic heterocycles. The van der Waals surface area contributed by atoms with Crippen LogP contribution in [-0.2, 0) is 9.53 Å². The van der Waals surface area contributed by atoms with Gasteiger partial charge in [0.1, 0.15) is 0 Å². The Morgan fingerprint density at radius 1 is 1.56 bits per heavy atom. The lowest BCUT2D eigenvalue weighted by molar-refractivity contribution is -0.137. The summed E-state index contributed by atoms with van der Waals surface area (Å²) in [6, 6.07) is 0.0881. The van der Waals surface area contributed by atoms with E-state index < -0.39 is 11.6 Å². The molecule has 0 saturated heterocycles. The molecular formula is C11H23NO4. The fourth-order valence-corrected chi connectivity index (χ4v) is 1.25. The lowest BCUT2D eigenvalue weighted by Gasteiger charge is -2.25. The van der Waals surface area contributed by atoms with Crippen molar-refractivity contribution < 1.29 is 19.7 Å². The average molecular weight is 233 g/mol. The first-order valence-electron chi connectivity index (χ1n) is 5.54. The topological polar surface area (TPSA) is 78.8 Å². The maximum Gasteiger partial charge on any atom is 0.303 e. The smallest absolute Gasteiger partial charge is 0.303 e. The lowest BCUT2D eigenvalue weighted by Crippen LogP contribution is -2.42. The van der Waals surface area contributed by atoms with Crippen molar-refractivity contribution in [3.8, 4) is 0 Å². The molecule has 0 fully saturated rings. The number of rotatable bonds is 9. The molecule has 0 radical (unpaired) electrons. The van der Waals surface area contributed by atoms with Gasteiger partial charge in [0, 0.05) is 39.1 Å². The van der Waals surface area contributed by atoms with Gasteiger partial charge in [-0.05, 0) is 20.3 Å². The summed E-state index contributed by atoms with van der Waals surface area (Å²) < 4.78 is 4.90. The minimum Gasteiger partial charge on any atom is -0.481 e. The summed E-state index contributed by atoms with van der Waals surface area (Å²) in [4.78, 5) is 10.4. The van der Waals surface area contributed by atoms with Gasteiger partial charge < -0.3 is 20.3 Å². The van der Waals surface area contributed by atoms with Gasteiger partial charge in [-0.2, -0.15) is 0 Å². The van der Waals surface area contributed by atoms with Gasteiger partial charge in [0.15, 0.2) is 0 Å². The Morgan fingerprint density at radius 2 is 2.19 bits per heavy atom. The van der Waals surface area contributed by atoms with Gasteiger partial charge in [-0.25, -0.2) is 0 Å². The van der Waals surface area contributed by atoms with E-state index in [1.807, 2.05) is 6.92 Å². The maximum absolute atomic E-state index is 10.4.